The van der Waals surface area contributed by atoms with E-state index < -0.39 is 0 Å². The third-order valence-electron chi connectivity index (χ3n) is 3.99. The predicted octanol–water partition coefficient (Wildman–Crippen LogP) is 3.51. The molecule has 0 atom stereocenters. The lowest BCUT2D eigenvalue weighted by molar-refractivity contribution is -0.121. The molecule has 2 aromatic rings. The highest BCUT2D eigenvalue weighted by molar-refractivity contribution is 6.36. The minimum absolute atomic E-state index is 0.184. The normalized spacial score (nSPS) is 14.9. The summed E-state index contributed by atoms with van der Waals surface area (Å²) in [4.78, 5) is 25.2. The van der Waals surface area contributed by atoms with Crippen molar-refractivity contribution in [1.82, 2.24) is 9.78 Å². The summed E-state index contributed by atoms with van der Waals surface area (Å²) in [6.07, 6.45) is 0.498. The fourth-order valence-electron chi connectivity index (χ4n) is 2.82. The molecule has 1 fully saturated rings. The molecule has 3 rings (SSSR count). The molecule has 0 bridgehead atoms. The van der Waals surface area contributed by atoms with Crippen LogP contribution >= 0.6 is 23.2 Å². The molecule has 120 valence electrons. The number of carbonyl (C=O) groups is 2. The van der Waals surface area contributed by atoms with E-state index >= 15 is 0 Å². The highest BCUT2D eigenvalue weighted by atomic mass is 35.5. The second-order valence-electron chi connectivity index (χ2n) is 5.50. The molecular formula is C16H15Cl2N3O2. The number of anilines is 1. The highest BCUT2D eigenvalue weighted by Gasteiger charge is 2.34. The van der Waals surface area contributed by atoms with Gasteiger partial charge in [0.2, 0.25) is 11.8 Å². The fraction of sp³-hybridized carbons (Fsp3) is 0.312. The summed E-state index contributed by atoms with van der Waals surface area (Å²) >= 11 is 12.4. The predicted molar refractivity (Wildman–Crippen MR) is 89.0 cm³/mol. The molecule has 1 saturated heterocycles. The third kappa shape index (κ3) is 2.75. The first-order valence-electron chi connectivity index (χ1n) is 7.23. The molecule has 0 radical (unpaired) electrons. The minimum atomic E-state index is -0.184. The van der Waals surface area contributed by atoms with Crippen molar-refractivity contribution in [2.24, 2.45) is 0 Å². The number of hydrogen-bond donors (Lipinski definition) is 0. The van der Waals surface area contributed by atoms with Crippen LogP contribution in [0, 0.1) is 13.8 Å². The van der Waals surface area contributed by atoms with Crippen LogP contribution < -0.4 is 4.90 Å². The summed E-state index contributed by atoms with van der Waals surface area (Å²) in [5, 5.41) is 5.57. The number of imide groups is 1. The number of nitrogens with zero attached hydrogens (tertiary/aromatic N) is 3. The molecule has 0 saturated carbocycles. The van der Waals surface area contributed by atoms with Crippen molar-refractivity contribution in [1.29, 1.82) is 0 Å². The van der Waals surface area contributed by atoms with Crippen molar-refractivity contribution in [2.75, 3.05) is 4.90 Å². The number of aryl methyl sites for hydroxylation is 1. The first kappa shape index (κ1) is 16.0. The molecule has 5 nitrogen and oxygen atoms in total. The molecule has 1 aliphatic rings. The van der Waals surface area contributed by atoms with Crippen molar-refractivity contribution >= 4 is 40.7 Å². The number of carbonyl (C=O) groups excluding carboxylic acids is 2. The summed E-state index contributed by atoms with van der Waals surface area (Å²) in [6, 6.07) is 5.31. The van der Waals surface area contributed by atoms with E-state index in [0.717, 1.165) is 11.3 Å². The number of rotatable bonds is 3. The van der Waals surface area contributed by atoms with E-state index in [1.807, 2.05) is 6.92 Å². The van der Waals surface area contributed by atoms with E-state index in [1.54, 1.807) is 29.8 Å². The Morgan fingerprint density at radius 1 is 1.09 bits per heavy atom. The van der Waals surface area contributed by atoms with Crippen molar-refractivity contribution in [3.8, 4) is 0 Å². The van der Waals surface area contributed by atoms with Crippen LogP contribution in [0.4, 0.5) is 5.69 Å². The zero-order valence-corrected chi connectivity index (χ0v) is 14.3. The van der Waals surface area contributed by atoms with E-state index in [0.29, 0.717) is 28.0 Å². The molecule has 0 aliphatic carbocycles. The average molecular weight is 352 g/mol. The van der Waals surface area contributed by atoms with Gasteiger partial charge in [0.05, 0.1) is 23.6 Å². The smallest absolute Gasteiger partial charge is 0.234 e. The van der Waals surface area contributed by atoms with Crippen LogP contribution in [-0.4, -0.2) is 21.6 Å². The first-order valence-corrected chi connectivity index (χ1v) is 7.98. The number of hydrogen-bond acceptors (Lipinski definition) is 3. The Morgan fingerprint density at radius 2 is 1.65 bits per heavy atom. The van der Waals surface area contributed by atoms with Crippen LogP contribution in [0.1, 0.15) is 29.8 Å². The van der Waals surface area contributed by atoms with Gasteiger partial charge in [-0.05, 0) is 26.0 Å². The Hall–Kier alpha value is -1.85. The Labute approximate surface area is 143 Å². The lowest BCUT2D eigenvalue weighted by Crippen LogP contribution is -2.29. The van der Waals surface area contributed by atoms with Crippen LogP contribution in [0.5, 0.6) is 0 Å². The maximum absolute atomic E-state index is 12.0. The minimum Gasteiger partial charge on any atom is -0.274 e. The van der Waals surface area contributed by atoms with E-state index in [9.17, 15) is 9.59 Å². The van der Waals surface area contributed by atoms with Gasteiger partial charge in [0.1, 0.15) is 0 Å². The van der Waals surface area contributed by atoms with Gasteiger partial charge in [-0.3, -0.25) is 14.3 Å². The van der Waals surface area contributed by atoms with Crippen molar-refractivity contribution < 1.29 is 9.59 Å². The Balaban J connectivity index is 2.02. The van der Waals surface area contributed by atoms with Crippen LogP contribution in [0.2, 0.25) is 10.0 Å². The van der Waals surface area contributed by atoms with Crippen molar-refractivity contribution in [3.05, 3.63) is 45.2 Å². The number of aromatic nitrogens is 2. The molecule has 1 aromatic carbocycles. The molecule has 1 aliphatic heterocycles. The van der Waals surface area contributed by atoms with E-state index in [2.05, 4.69) is 5.10 Å². The zero-order valence-electron chi connectivity index (χ0n) is 12.8. The van der Waals surface area contributed by atoms with Gasteiger partial charge in [0.25, 0.3) is 0 Å². The number of benzene rings is 1. The van der Waals surface area contributed by atoms with Gasteiger partial charge in [-0.2, -0.15) is 5.10 Å². The largest absolute Gasteiger partial charge is 0.274 e. The summed E-state index contributed by atoms with van der Waals surface area (Å²) < 4.78 is 1.72. The molecule has 2 heterocycles. The molecule has 0 spiro atoms. The number of amides is 2. The lowest BCUT2D eigenvalue weighted by Gasteiger charge is -2.14. The first-order chi connectivity index (χ1) is 10.9. The van der Waals surface area contributed by atoms with Crippen molar-refractivity contribution in [3.63, 3.8) is 0 Å². The molecule has 1 aromatic heterocycles. The standard InChI is InChI=1S/C16H15Cl2N3O2/c1-9-16(21-14(22)6-7-15(21)23)10(2)20(19-9)8-11-12(17)4-3-5-13(11)18/h3-5H,6-8H2,1-2H3. The maximum atomic E-state index is 12.0. The fourth-order valence-corrected chi connectivity index (χ4v) is 3.34. The van der Waals surface area contributed by atoms with Gasteiger partial charge in [0, 0.05) is 28.5 Å². The topological polar surface area (TPSA) is 55.2 Å². The average Bonchev–Trinajstić information content (AvgIpc) is 2.95. The summed E-state index contributed by atoms with van der Waals surface area (Å²) in [5.41, 5.74) is 2.70. The van der Waals surface area contributed by atoms with Crippen molar-refractivity contribution in [2.45, 2.75) is 33.2 Å². The monoisotopic (exact) mass is 351 g/mol. The van der Waals surface area contributed by atoms with E-state index in [4.69, 9.17) is 23.2 Å². The Kier molecular flexibility index (Phi) is 4.17. The molecular weight excluding hydrogens is 337 g/mol. The quantitative estimate of drug-likeness (QED) is 0.795. The third-order valence-corrected chi connectivity index (χ3v) is 4.70. The molecule has 0 unspecified atom stereocenters. The van der Waals surface area contributed by atoms with E-state index in [1.165, 1.54) is 4.90 Å². The zero-order chi connectivity index (χ0) is 16.7. The van der Waals surface area contributed by atoms with Gasteiger partial charge in [-0.15, -0.1) is 0 Å². The summed E-state index contributed by atoms with van der Waals surface area (Å²) in [5.74, 6) is -0.368. The van der Waals surface area contributed by atoms with Gasteiger partial charge in [0.15, 0.2) is 0 Å². The van der Waals surface area contributed by atoms with Gasteiger partial charge in [-0.1, -0.05) is 29.3 Å². The molecule has 7 heteroatoms. The van der Waals surface area contributed by atoms with Crippen LogP contribution in [0.25, 0.3) is 0 Å². The van der Waals surface area contributed by atoms with E-state index in [-0.39, 0.29) is 24.7 Å². The number of halogens is 2. The van der Waals surface area contributed by atoms with Gasteiger partial charge in [-0.25, -0.2) is 4.90 Å². The molecule has 23 heavy (non-hydrogen) atoms. The second kappa shape index (κ2) is 5.98. The van der Waals surface area contributed by atoms with Gasteiger partial charge >= 0.3 is 0 Å². The summed E-state index contributed by atoms with van der Waals surface area (Å²) in [7, 11) is 0. The summed E-state index contributed by atoms with van der Waals surface area (Å²) in [6.45, 7) is 3.99. The van der Waals surface area contributed by atoms with Crippen LogP contribution in [-0.2, 0) is 16.1 Å². The highest BCUT2D eigenvalue weighted by Crippen LogP contribution is 2.31. The molecule has 2 amide bonds. The van der Waals surface area contributed by atoms with Crippen LogP contribution in [0.15, 0.2) is 18.2 Å². The Morgan fingerprint density at radius 3 is 2.22 bits per heavy atom. The Bertz CT molecular complexity index is 778. The molecule has 0 N–H and O–H groups in total. The maximum Gasteiger partial charge on any atom is 0.234 e. The van der Waals surface area contributed by atoms with Crippen LogP contribution in [0.3, 0.4) is 0 Å². The second-order valence-corrected chi connectivity index (χ2v) is 6.31. The lowest BCUT2D eigenvalue weighted by atomic mass is 10.2. The SMILES string of the molecule is Cc1nn(Cc2c(Cl)cccc2Cl)c(C)c1N1C(=O)CCC1=O. The van der Waals surface area contributed by atoms with Gasteiger partial charge < -0.3 is 0 Å².